The third-order valence-electron chi connectivity index (χ3n) is 4.24. The van der Waals surface area contributed by atoms with Gasteiger partial charge in [-0.15, -0.1) is 0 Å². The summed E-state index contributed by atoms with van der Waals surface area (Å²) < 4.78 is 0. The van der Waals surface area contributed by atoms with Gasteiger partial charge < -0.3 is 9.88 Å². The van der Waals surface area contributed by atoms with E-state index in [4.69, 9.17) is 0 Å². The van der Waals surface area contributed by atoms with Crippen LogP contribution in [0.1, 0.15) is 64.7 Å². The molecule has 0 unspecified atom stereocenters. The first-order valence-electron chi connectivity index (χ1n) is 7.19. The molecule has 0 saturated heterocycles. The van der Waals surface area contributed by atoms with Crippen molar-refractivity contribution in [2.45, 2.75) is 52.0 Å². The largest absolute Gasteiger partial charge is 0.354 e. The molecular weight excluding hydrogens is 240 g/mol. The molecule has 0 atom stereocenters. The van der Waals surface area contributed by atoms with Gasteiger partial charge in [-0.3, -0.25) is 9.59 Å². The number of ketones is 1. The molecule has 0 bridgehead atoms. The van der Waals surface area contributed by atoms with E-state index in [0.717, 1.165) is 49.0 Å². The van der Waals surface area contributed by atoms with E-state index >= 15 is 0 Å². The monoisotopic (exact) mass is 260 g/mol. The molecule has 4 nitrogen and oxygen atoms in total. The van der Waals surface area contributed by atoms with E-state index in [2.05, 4.69) is 4.98 Å². The molecule has 1 fully saturated rings. The second kappa shape index (κ2) is 4.51. The molecule has 4 heteroatoms. The van der Waals surface area contributed by atoms with Crippen molar-refractivity contribution in [3.05, 3.63) is 22.5 Å². The summed E-state index contributed by atoms with van der Waals surface area (Å²) in [5.41, 5.74) is 3.23. The van der Waals surface area contributed by atoms with Crippen LogP contribution in [0.15, 0.2) is 0 Å². The number of aryl methyl sites for hydroxylation is 1. The fraction of sp³-hybridized carbons (Fsp3) is 0.600. The SMILES string of the molecule is CCN(C(=O)c1[nH]c2c(c1C)C(=O)CCC2)C1CC1. The molecule has 1 heterocycles. The van der Waals surface area contributed by atoms with Crippen LogP contribution < -0.4 is 0 Å². The van der Waals surface area contributed by atoms with Crippen LogP contribution in [0.2, 0.25) is 0 Å². The molecule has 1 amide bonds. The number of nitrogens with zero attached hydrogens (tertiary/aromatic N) is 1. The maximum Gasteiger partial charge on any atom is 0.270 e. The molecule has 1 saturated carbocycles. The molecule has 2 aliphatic rings. The summed E-state index contributed by atoms with van der Waals surface area (Å²) >= 11 is 0. The number of rotatable bonds is 3. The highest BCUT2D eigenvalue weighted by Gasteiger charge is 2.34. The average Bonchev–Trinajstić information content (AvgIpc) is 3.15. The zero-order valence-corrected chi connectivity index (χ0v) is 11.6. The van der Waals surface area contributed by atoms with Gasteiger partial charge in [0, 0.05) is 30.3 Å². The van der Waals surface area contributed by atoms with E-state index in [9.17, 15) is 9.59 Å². The van der Waals surface area contributed by atoms with E-state index in [-0.39, 0.29) is 11.7 Å². The fourth-order valence-electron chi connectivity index (χ4n) is 3.09. The summed E-state index contributed by atoms with van der Waals surface area (Å²) in [7, 11) is 0. The van der Waals surface area contributed by atoms with Crippen molar-refractivity contribution in [2.24, 2.45) is 0 Å². The molecule has 1 aromatic heterocycles. The van der Waals surface area contributed by atoms with Gasteiger partial charge in [0.2, 0.25) is 0 Å². The lowest BCUT2D eigenvalue weighted by molar-refractivity contribution is 0.0746. The van der Waals surface area contributed by atoms with Crippen LogP contribution in [0.3, 0.4) is 0 Å². The van der Waals surface area contributed by atoms with Crippen LogP contribution in [0.5, 0.6) is 0 Å². The summed E-state index contributed by atoms with van der Waals surface area (Å²) in [6, 6.07) is 0.410. The molecule has 1 aromatic rings. The Balaban J connectivity index is 1.97. The van der Waals surface area contributed by atoms with E-state index in [1.165, 1.54) is 0 Å². The van der Waals surface area contributed by atoms with Gasteiger partial charge in [-0.05, 0) is 45.1 Å². The lowest BCUT2D eigenvalue weighted by Crippen LogP contribution is -2.33. The Labute approximate surface area is 113 Å². The van der Waals surface area contributed by atoms with Crippen LogP contribution >= 0.6 is 0 Å². The van der Waals surface area contributed by atoms with Crippen molar-refractivity contribution >= 4 is 11.7 Å². The Morgan fingerprint density at radius 3 is 2.68 bits per heavy atom. The van der Waals surface area contributed by atoms with Gasteiger partial charge in [0.1, 0.15) is 5.69 Å². The number of hydrogen-bond acceptors (Lipinski definition) is 2. The zero-order valence-electron chi connectivity index (χ0n) is 11.6. The molecule has 19 heavy (non-hydrogen) atoms. The number of fused-ring (bicyclic) bond motifs is 1. The van der Waals surface area contributed by atoms with Gasteiger partial charge >= 0.3 is 0 Å². The second-order valence-corrected chi connectivity index (χ2v) is 5.58. The molecular formula is C15H20N2O2. The predicted octanol–water partition coefficient (Wildman–Crippen LogP) is 2.47. The quantitative estimate of drug-likeness (QED) is 0.907. The van der Waals surface area contributed by atoms with Crippen molar-refractivity contribution < 1.29 is 9.59 Å². The Bertz CT molecular complexity index is 541. The smallest absolute Gasteiger partial charge is 0.270 e. The van der Waals surface area contributed by atoms with Crippen molar-refractivity contribution in [3.8, 4) is 0 Å². The Hall–Kier alpha value is -1.58. The predicted molar refractivity (Wildman–Crippen MR) is 72.5 cm³/mol. The van der Waals surface area contributed by atoms with Crippen molar-refractivity contribution in [3.63, 3.8) is 0 Å². The van der Waals surface area contributed by atoms with Crippen LogP contribution in [-0.2, 0) is 6.42 Å². The highest BCUT2D eigenvalue weighted by Crippen LogP contribution is 2.31. The zero-order chi connectivity index (χ0) is 13.6. The van der Waals surface area contributed by atoms with Gasteiger partial charge in [-0.1, -0.05) is 0 Å². The van der Waals surface area contributed by atoms with Gasteiger partial charge in [-0.25, -0.2) is 0 Å². The van der Waals surface area contributed by atoms with E-state index in [1.807, 2.05) is 18.7 Å². The third kappa shape index (κ3) is 1.99. The number of aromatic amines is 1. The third-order valence-corrected chi connectivity index (χ3v) is 4.24. The van der Waals surface area contributed by atoms with Crippen molar-refractivity contribution in [2.75, 3.05) is 6.54 Å². The second-order valence-electron chi connectivity index (χ2n) is 5.58. The van der Waals surface area contributed by atoms with Crippen LogP contribution in [0.4, 0.5) is 0 Å². The van der Waals surface area contributed by atoms with E-state index in [0.29, 0.717) is 18.2 Å². The van der Waals surface area contributed by atoms with Gasteiger partial charge in [0.15, 0.2) is 5.78 Å². The molecule has 102 valence electrons. The number of amides is 1. The van der Waals surface area contributed by atoms with E-state index < -0.39 is 0 Å². The highest BCUT2D eigenvalue weighted by atomic mass is 16.2. The van der Waals surface area contributed by atoms with Crippen molar-refractivity contribution in [1.29, 1.82) is 0 Å². The number of H-pyrrole nitrogens is 1. The Morgan fingerprint density at radius 2 is 2.11 bits per heavy atom. The van der Waals surface area contributed by atoms with Gasteiger partial charge in [0.05, 0.1) is 0 Å². The molecule has 2 aliphatic carbocycles. The lowest BCUT2D eigenvalue weighted by Gasteiger charge is -2.20. The highest BCUT2D eigenvalue weighted by molar-refractivity contribution is 6.04. The van der Waals surface area contributed by atoms with Crippen LogP contribution in [0, 0.1) is 6.92 Å². The molecule has 1 N–H and O–H groups in total. The Kier molecular flexibility index (Phi) is 2.96. The molecule has 0 aliphatic heterocycles. The molecule has 3 rings (SSSR count). The minimum Gasteiger partial charge on any atom is -0.354 e. The summed E-state index contributed by atoms with van der Waals surface area (Å²) in [6.45, 7) is 4.65. The molecule has 0 aromatic carbocycles. The lowest BCUT2D eigenvalue weighted by atomic mass is 9.94. The number of Topliss-reactive ketones (excluding diaryl/α,β-unsaturated/α-hetero) is 1. The van der Waals surface area contributed by atoms with Crippen LogP contribution in [0.25, 0.3) is 0 Å². The normalized spacial score (nSPS) is 18.3. The number of carbonyl (C=O) groups is 2. The van der Waals surface area contributed by atoms with E-state index in [1.54, 1.807) is 0 Å². The number of hydrogen-bond donors (Lipinski definition) is 1. The summed E-state index contributed by atoms with van der Waals surface area (Å²) in [4.78, 5) is 29.7. The Morgan fingerprint density at radius 1 is 1.37 bits per heavy atom. The van der Waals surface area contributed by atoms with Crippen LogP contribution in [-0.4, -0.2) is 34.2 Å². The maximum absolute atomic E-state index is 12.6. The van der Waals surface area contributed by atoms with Crippen molar-refractivity contribution in [1.82, 2.24) is 9.88 Å². The van der Waals surface area contributed by atoms with Gasteiger partial charge in [0.25, 0.3) is 5.91 Å². The first-order valence-corrected chi connectivity index (χ1v) is 7.19. The number of carbonyl (C=O) groups excluding carboxylic acids is 2. The summed E-state index contributed by atoms with van der Waals surface area (Å²) in [5, 5.41) is 0. The molecule has 0 spiro atoms. The minimum atomic E-state index is 0.0599. The maximum atomic E-state index is 12.6. The first-order chi connectivity index (χ1) is 9.13. The minimum absolute atomic E-state index is 0.0599. The standard InChI is InChI=1S/C15H20N2O2/c1-3-17(10-7-8-10)15(19)14-9(2)13-11(16-14)5-4-6-12(13)18/h10,16H,3-8H2,1-2H3. The molecule has 0 radical (unpaired) electrons. The number of nitrogens with one attached hydrogen (secondary N) is 1. The first kappa shape index (κ1) is 12.5. The average molecular weight is 260 g/mol. The number of aromatic nitrogens is 1. The summed E-state index contributed by atoms with van der Waals surface area (Å²) in [5.74, 6) is 0.244. The fourth-order valence-corrected chi connectivity index (χ4v) is 3.09. The summed E-state index contributed by atoms with van der Waals surface area (Å²) in [6.07, 6.45) is 4.60. The topological polar surface area (TPSA) is 53.2 Å². The van der Waals surface area contributed by atoms with Gasteiger partial charge in [-0.2, -0.15) is 0 Å².